The van der Waals surface area contributed by atoms with Gasteiger partial charge >= 0.3 is 0 Å². The van der Waals surface area contributed by atoms with Gasteiger partial charge in [0.05, 0.1) is 6.61 Å². The zero-order chi connectivity index (χ0) is 21.2. The molecule has 0 aromatic heterocycles. The van der Waals surface area contributed by atoms with Crippen molar-refractivity contribution < 1.29 is 19.1 Å². The fourth-order valence-electron chi connectivity index (χ4n) is 2.58. The van der Waals surface area contributed by atoms with Crippen molar-refractivity contribution in [1.82, 2.24) is 5.32 Å². The highest BCUT2D eigenvalue weighted by Crippen LogP contribution is 2.31. The molecule has 0 saturated heterocycles. The van der Waals surface area contributed by atoms with Gasteiger partial charge < -0.3 is 19.6 Å². The van der Waals surface area contributed by atoms with Crippen molar-refractivity contribution >= 4 is 40.9 Å². The Labute approximate surface area is 180 Å². The van der Waals surface area contributed by atoms with E-state index in [1.54, 1.807) is 24.3 Å². The Balaban J connectivity index is 2.32. The molecule has 154 valence electrons. The van der Waals surface area contributed by atoms with Crippen molar-refractivity contribution in [3.63, 3.8) is 0 Å². The third kappa shape index (κ3) is 6.41. The van der Waals surface area contributed by atoms with Crippen molar-refractivity contribution in [3.8, 4) is 11.5 Å². The van der Waals surface area contributed by atoms with Gasteiger partial charge in [0, 0.05) is 12.6 Å². The summed E-state index contributed by atoms with van der Waals surface area (Å²) in [6.07, 6.45) is 1.61. The molecule has 0 atom stereocenters. The van der Waals surface area contributed by atoms with Gasteiger partial charge in [0.15, 0.2) is 17.2 Å². The van der Waals surface area contributed by atoms with E-state index < -0.39 is 0 Å². The first-order chi connectivity index (χ1) is 14.0. The van der Waals surface area contributed by atoms with Crippen molar-refractivity contribution in [2.75, 3.05) is 20.8 Å². The number of hydrogen-bond acceptors (Lipinski definition) is 5. The van der Waals surface area contributed by atoms with Crippen molar-refractivity contribution in [2.45, 2.75) is 13.5 Å². The molecule has 0 saturated carbocycles. The molecule has 2 aromatic rings. The predicted molar refractivity (Wildman–Crippen MR) is 116 cm³/mol. The summed E-state index contributed by atoms with van der Waals surface area (Å²) in [5.41, 5.74) is 2.33. The van der Waals surface area contributed by atoms with Gasteiger partial charge in [-0.25, -0.2) is 0 Å². The standard InChI is InChI=1S/C21H22Cl2N2O4/c1-4-28-18-11-14(12-19(22)23)9-10-17(18)29-13-15-7-5-6-8-16(15)20(25-27-3)21(26)24-2/h5-12H,4,13H2,1-3H3,(H,24,26). The van der Waals surface area contributed by atoms with E-state index in [-0.39, 0.29) is 22.7 Å². The number of halogens is 2. The van der Waals surface area contributed by atoms with Gasteiger partial charge in [-0.05, 0) is 36.3 Å². The number of amides is 1. The lowest BCUT2D eigenvalue weighted by atomic mass is 10.0. The van der Waals surface area contributed by atoms with E-state index in [0.717, 1.165) is 11.1 Å². The lowest BCUT2D eigenvalue weighted by Gasteiger charge is -2.15. The minimum atomic E-state index is -0.358. The van der Waals surface area contributed by atoms with E-state index in [9.17, 15) is 4.79 Å². The summed E-state index contributed by atoms with van der Waals surface area (Å²) in [4.78, 5) is 17.0. The molecule has 0 fully saturated rings. The zero-order valence-electron chi connectivity index (χ0n) is 16.4. The van der Waals surface area contributed by atoms with Crippen LogP contribution in [0.4, 0.5) is 0 Å². The van der Waals surface area contributed by atoms with Crippen molar-refractivity contribution in [2.24, 2.45) is 5.16 Å². The van der Waals surface area contributed by atoms with Gasteiger partial charge in [-0.2, -0.15) is 0 Å². The fourth-order valence-corrected chi connectivity index (χ4v) is 2.84. The highest BCUT2D eigenvalue weighted by molar-refractivity contribution is 6.57. The molecular formula is C21H22Cl2N2O4. The van der Waals surface area contributed by atoms with Crippen LogP contribution in [0.15, 0.2) is 52.1 Å². The minimum Gasteiger partial charge on any atom is -0.490 e. The number of ether oxygens (including phenoxy) is 2. The monoisotopic (exact) mass is 436 g/mol. The van der Waals surface area contributed by atoms with Gasteiger partial charge in [-0.1, -0.05) is 58.7 Å². The third-order valence-corrected chi connectivity index (χ3v) is 4.04. The molecule has 2 rings (SSSR count). The lowest BCUT2D eigenvalue weighted by molar-refractivity contribution is -0.114. The van der Waals surface area contributed by atoms with Crippen molar-refractivity contribution in [1.29, 1.82) is 0 Å². The van der Waals surface area contributed by atoms with Gasteiger partial charge in [0.2, 0.25) is 0 Å². The number of rotatable bonds is 9. The van der Waals surface area contributed by atoms with E-state index in [2.05, 4.69) is 10.5 Å². The summed E-state index contributed by atoms with van der Waals surface area (Å²) in [5.74, 6) is 0.753. The summed E-state index contributed by atoms with van der Waals surface area (Å²) in [5, 5.41) is 6.42. The summed E-state index contributed by atoms with van der Waals surface area (Å²) in [6.45, 7) is 2.55. The van der Waals surface area contributed by atoms with Crippen LogP contribution in [0.25, 0.3) is 6.08 Å². The predicted octanol–water partition coefficient (Wildman–Crippen LogP) is 4.54. The molecular weight excluding hydrogens is 415 g/mol. The Morgan fingerprint density at radius 3 is 2.55 bits per heavy atom. The molecule has 0 aliphatic heterocycles. The van der Waals surface area contributed by atoms with E-state index in [1.165, 1.54) is 14.2 Å². The Morgan fingerprint density at radius 2 is 1.90 bits per heavy atom. The normalized spacial score (nSPS) is 10.9. The fraction of sp³-hybridized carbons (Fsp3) is 0.238. The summed E-state index contributed by atoms with van der Waals surface area (Å²) in [6, 6.07) is 12.7. The molecule has 29 heavy (non-hydrogen) atoms. The van der Waals surface area contributed by atoms with Crippen LogP contribution in [0.5, 0.6) is 11.5 Å². The molecule has 8 heteroatoms. The van der Waals surface area contributed by atoms with E-state index in [0.29, 0.717) is 23.7 Å². The smallest absolute Gasteiger partial charge is 0.273 e. The number of likely N-dealkylation sites (N-methyl/N-ethyl adjacent to an activating group) is 1. The number of benzene rings is 2. The zero-order valence-corrected chi connectivity index (χ0v) is 17.9. The molecule has 0 radical (unpaired) electrons. The molecule has 0 spiro atoms. The summed E-state index contributed by atoms with van der Waals surface area (Å²) in [7, 11) is 2.92. The van der Waals surface area contributed by atoms with Gasteiger partial charge in [-0.15, -0.1) is 0 Å². The topological polar surface area (TPSA) is 69.1 Å². The van der Waals surface area contributed by atoms with Crippen LogP contribution in [0.2, 0.25) is 0 Å². The van der Waals surface area contributed by atoms with Crippen LogP contribution in [0.3, 0.4) is 0 Å². The summed E-state index contributed by atoms with van der Waals surface area (Å²) >= 11 is 11.5. The number of carbonyl (C=O) groups excluding carboxylic acids is 1. The van der Waals surface area contributed by atoms with Gasteiger partial charge in [0.1, 0.15) is 18.2 Å². The van der Waals surface area contributed by atoms with Crippen LogP contribution in [-0.2, 0) is 16.2 Å². The molecule has 1 N–H and O–H groups in total. The maximum absolute atomic E-state index is 12.2. The number of carbonyl (C=O) groups is 1. The highest BCUT2D eigenvalue weighted by atomic mass is 35.5. The van der Waals surface area contributed by atoms with Crippen LogP contribution in [0.1, 0.15) is 23.6 Å². The Hall–Kier alpha value is -2.70. The number of nitrogens with one attached hydrogen (secondary N) is 1. The van der Waals surface area contributed by atoms with Gasteiger partial charge in [0.25, 0.3) is 5.91 Å². The first-order valence-electron chi connectivity index (χ1n) is 8.84. The average molecular weight is 437 g/mol. The molecule has 0 bridgehead atoms. The second-order valence-corrected chi connectivity index (χ2v) is 6.73. The molecule has 0 heterocycles. The van der Waals surface area contributed by atoms with Crippen LogP contribution in [-0.4, -0.2) is 32.4 Å². The Morgan fingerprint density at radius 1 is 1.14 bits per heavy atom. The van der Waals surface area contributed by atoms with E-state index in [1.807, 2.05) is 31.2 Å². The quantitative estimate of drug-likeness (QED) is 0.462. The second-order valence-electron chi connectivity index (χ2n) is 5.72. The third-order valence-electron chi connectivity index (χ3n) is 3.82. The molecule has 0 aliphatic carbocycles. The highest BCUT2D eigenvalue weighted by Gasteiger charge is 2.18. The maximum atomic E-state index is 12.2. The Kier molecular flexibility index (Phi) is 8.83. The molecule has 2 aromatic carbocycles. The molecule has 0 unspecified atom stereocenters. The molecule has 0 aliphatic rings. The lowest BCUT2D eigenvalue weighted by Crippen LogP contribution is -2.29. The summed E-state index contributed by atoms with van der Waals surface area (Å²) < 4.78 is 11.8. The largest absolute Gasteiger partial charge is 0.490 e. The average Bonchev–Trinajstić information content (AvgIpc) is 2.71. The van der Waals surface area contributed by atoms with Crippen molar-refractivity contribution in [3.05, 3.63) is 63.6 Å². The molecule has 6 nitrogen and oxygen atoms in total. The first-order valence-corrected chi connectivity index (χ1v) is 9.59. The van der Waals surface area contributed by atoms with E-state index in [4.69, 9.17) is 37.5 Å². The van der Waals surface area contributed by atoms with Crippen LogP contribution < -0.4 is 14.8 Å². The SMILES string of the molecule is CCOc1cc(C=C(Cl)Cl)ccc1OCc1ccccc1C(=NOC)C(=O)NC. The number of oxime groups is 1. The minimum absolute atomic E-state index is 0.147. The maximum Gasteiger partial charge on any atom is 0.273 e. The van der Waals surface area contributed by atoms with Gasteiger partial charge in [-0.3, -0.25) is 4.79 Å². The first kappa shape index (κ1) is 22.6. The number of hydrogen-bond donors (Lipinski definition) is 1. The Bertz CT molecular complexity index is 909. The van der Waals surface area contributed by atoms with E-state index >= 15 is 0 Å². The second kappa shape index (κ2) is 11.3. The molecule has 1 amide bonds. The van der Waals surface area contributed by atoms with Crippen LogP contribution in [0, 0.1) is 0 Å². The van der Waals surface area contributed by atoms with Crippen LogP contribution >= 0.6 is 23.2 Å². The number of nitrogens with zero attached hydrogens (tertiary/aromatic N) is 1.